The van der Waals surface area contributed by atoms with Crippen molar-refractivity contribution in [3.05, 3.63) is 24.3 Å². The van der Waals surface area contributed by atoms with Crippen LogP contribution in [0.15, 0.2) is 24.3 Å². The number of amides is 1. The third-order valence-corrected chi connectivity index (χ3v) is 3.13. The zero-order valence-electron chi connectivity index (χ0n) is 11.0. The average Bonchev–Trinajstić information content (AvgIpc) is 2.34. The first kappa shape index (κ1) is 15.4. The Kier molecular flexibility index (Phi) is 4.56. The second-order valence-electron chi connectivity index (χ2n) is 4.80. The van der Waals surface area contributed by atoms with Crippen LogP contribution >= 0.6 is 0 Å². The van der Waals surface area contributed by atoms with E-state index in [1.807, 2.05) is 0 Å². The van der Waals surface area contributed by atoms with E-state index in [9.17, 15) is 18.0 Å². The topological polar surface area (TPSA) is 73.6 Å². The lowest BCUT2D eigenvalue weighted by Gasteiger charge is -2.33. The van der Waals surface area contributed by atoms with Gasteiger partial charge in [0.15, 0.2) is 0 Å². The molecule has 1 aliphatic carbocycles. The molecule has 0 heterocycles. The van der Waals surface area contributed by atoms with Gasteiger partial charge in [0, 0.05) is 5.69 Å². The minimum absolute atomic E-state index is 0.147. The molecule has 8 heteroatoms. The van der Waals surface area contributed by atoms with Crippen LogP contribution in [0.25, 0.3) is 0 Å². The number of benzene rings is 1. The third-order valence-electron chi connectivity index (χ3n) is 3.13. The highest BCUT2D eigenvalue weighted by atomic mass is 19.4. The maximum atomic E-state index is 12.0. The molecule has 0 atom stereocenters. The fourth-order valence-electron chi connectivity index (χ4n) is 2.00. The predicted octanol–water partition coefficient (Wildman–Crippen LogP) is 2.87. The summed E-state index contributed by atoms with van der Waals surface area (Å²) in [6.07, 6.45) is -4.05. The Morgan fingerprint density at radius 2 is 1.90 bits per heavy atom. The Bertz CT molecular complexity index is 484. The summed E-state index contributed by atoms with van der Waals surface area (Å²) in [7, 11) is 0. The summed E-state index contributed by atoms with van der Waals surface area (Å²) >= 11 is 0. The molecule has 0 saturated heterocycles. The van der Waals surface area contributed by atoms with Crippen LogP contribution in [-0.2, 0) is 4.74 Å². The molecule has 0 radical (unpaired) electrons. The van der Waals surface area contributed by atoms with Gasteiger partial charge in [-0.25, -0.2) is 4.79 Å². The number of carbonyl (C=O) groups excluding carboxylic acids is 1. The van der Waals surface area contributed by atoms with E-state index in [0.717, 1.165) is 25.0 Å². The van der Waals surface area contributed by atoms with Crippen molar-refractivity contribution >= 4 is 11.8 Å². The monoisotopic (exact) mass is 304 g/mol. The number of halogens is 3. The van der Waals surface area contributed by atoms with Crippen molar-refractivity contribution in [1.82, 2.24) is 0 Å². The number of carbonyl (C=O) groups is 1. The number of rotatable bonds is 4. The molecular formula is C13H15F3N2O3. The summed E-state index contributed by atoms with van der Waals surface area (Å²) in [5, 5.41) is 2.43. The van der Waals surface area contributed by atoms with Crippen molar-refractivity contribution < 1.29 is 27.4 Å². The molecule has 1 aromatic carbocycles. The highest BCUT2D eigenvalue weighted by Crippen LogP contribution is 2.29. The second kappa shape index (κ2) is 6.21. The maximum absolute atomic E-state index is 12.0. The number of nitrogens with one attached hydrogen (secondary N) is 1. The van der Waals surface area contributed by atoms with E-state index in [2.05, 4.69) is 10.1 Å². The van der Waals surface area contributed by atoms with Crippen LogP contribution in [0.2, 0.25) is 0 Å². The van der Waals surface area contributed by atoms with Crippen molar-refractivity contribution in [3.63, 3.8) is 0 Å². The van der Waals surface area contributed by atoms with Crippen LogP contribution in [0.4, 0.5) is 23.7 Å². The summed E-state index contributed by atoms with van der Waals surface area (Å²) in [6.45, 7) is 0.572. The molecule has 5 nitrogen and oxygen atoms in total. The number of nitrogens with two attached hydrogens (primary N) is 1. The van der Waals surface area contributed by atoms with E-state index >= 15 is 0 Å². The van der Waals surface area contributed by atoms with Crippen molar-refractivity contribution in [2.75, 3.05) is 11.9 Å². The first-order valence-corrected chi connectivity index (χ1v) is 6.39. The Labute approximate surface area is 119 Å². The minimum atomic E-state index is -4.74. The molecule has 1 aliphatic rings. The molecule has 1 amide bonds. The number of hydrogen-bond donors (Lipinski definition) is 2. The van der Waals surface area contributed by atoms with Gasteiger partial charge in [-0.15, -0.1) is 13.2 Å². The van der Waals surface area contributed by atoms with E-state index in [-0.39, 0.29) is 11.9 Å². The zero-order valence-corrected chi connectivity index (χ0v) is 11.0. The molecular weight excluding hydrogens is 289 g/mol. The van der Waals surface area contributed by atoms with E-state index in [0.29, 0.717) is 18.2 Å². The highest BCUT2D eigenvalue weighted by molar-refractivity contribution is 5.84. The lowest BCUT2D eigenvalue weighted by atomic mass is 9.82. The van der Waals surface area contributed by atoms with Gasteiger partial charge >= 0.3 is 12.5 Å². The van der Waals surface area contributed by atoms with Gasteiger partial charge in [-0.2, -0.15) is 0 Å². The van der Waals surface area contributed by atoms with Crippen LogP contribution in [0.1, 0.15) is 12.8 Å². The molecule has 21 heavy (non-hydrogen) atoms. The quantitative estimate of drug-likeness (QED) is 0.897. The van der Waals surface area contributed by atoms with Crippen molar-refractivity contribution in [2.45, 2.75) is 25.3 Å². The Morgan fingerprint density at radius 3 is 2.43 bits per heavy atom. The van der Waals surface area contributed by atoms with E-state index < -0.39 is 12.5 Å². The molecule has 0 aromatic heterocycles. The second-order valence-corrected chi connectivity index (χ2v) is 4.80. The standard InChI is InChI=1S/C13H15F3N2O3/c14-13(15,16)21-10-3-1-9(2-4-10)18-12(19)20-11-5-8(6-11)7-17/h1-4,8,11H,5-7,17H2,(H,18,19). The number of anilines is 1. The zero-order chi connectivity index (χ0) is 15.5. The third kappa shape index (κ3) is 4.82. The van der Waals surface area contributed by atoms with Gasteiger partial charge < -0.3 is 15.2 Å². The molecule has 2 rings (SSSR count). The van der Waals surface area contributed by atoms with E-state index in [1.54, 1.807) is 0 Å². The van der Waals surface area contributed by atoms with Crippen LogP contribution in [0, 0.1) is 5.92 Å². The van der Waals surface area contributed by atoms with E-state index in [1.165, 1.54) is 12.1 Å². The molecule has 0 aliphatic heterocycles. The minimum Gasteiger partial charge on any atom is -0.446 e. The summed E-state index contributed by atoms with van der Waals surface area (Å²) in [5.41, 5.74) is 5.78. The fourth-order valence-corrected chi connectivity index (χ4v) is 2.00. The van der Waals surface area contributed by atoms with Crippen LogP contribution in [-0.4, -0.2) is 25.1 Å². The summed E-state index contributed by atoms with van der Waals surface area (Å²) < 4.78 is 44.8. The predicted molar refractivity (Wildman–Crippen MR) is 68.8 cm³/mol. The fraction of sp³-hybridized carbons (Fsp3) is 0.462. The molecule has 0 unspecified atom stereocenters. The largest absolute Gasteiger partial charge is 0.573 e. The van der Waals surface area contributed by atoms with Crippen LogP contribution in [0.5, 0.6) is 5.75 Å². The summed E-state index contributed by atoms with van der Waals surface area (Å²) in [6, 6.07) is 4.81. The molecule has 1 fully saturated rings. The molecule has 3 N–H and O–H groups in total. The number of alkyl halides is 3. The molecule has 116 valence electrons. The smallest absolute Gasteiger partial charge is 0.446 e. The van der Waals surface area contributed by atoms with Gasteiger partial charge in [-0.05, 0) is 49.6 Å². The molecule has 0 spiro atoms. The van der Waals surface area contributed by atoms with Gasteiger partial charge in [0.1, 0.15) is 11.9 Å². The first-order valence-electron chi connectivity index (χ1n) is 6.39. The van der Waals surface area contributed by atoms with Gasteiger partial charge in [-0.1, -0.05) is 0 Å². The first-order chi connectivity index (χ1) is 9.85. The lowest BCUT2D eigenvalue weighted by molar-refractivity contribution is -0.274. The average molecular weight is 304 g/mol. The van der Waals surface area contributed by atoms with Gasteiger partial charge in [0.05, 0.1) is 0 Å². The Morgan fingerprint density at radius 1 is 1.29 bits per heavy atom. The molecule has 0 bridgehead atoms. The van der Waals surface area contributed by atoms with E-state index in [4.69, 9.17) is 10.5 Å². The number of hydrogen-bond acceptors (Lipinski definition) is 4. The summed E-state index contributed by atoms with van der Waals surface area (Å²) in [4.78, 5) is 11.5. The molecule has 1 saturated carbocycles. The number of ether oxygens (including phenoxy) is 2. The van der Waals surface area contributed by atoms with Gasteiger partial charge in [-0.3, -0.25) is 5.32 Å². The maximum Gasteiger partial charge on any atom is 0.573 e. The van der Waals surface area contributed by atoms with Crippen LogP contribution < -0.4 is 15.8 Å². The molecule has 1 aromatic rings. The normalized spacial score (nSPS) is 21.3. The van der Waals surface area contributed by atoms with Crippen molar-refractivity contribution in [1.29, 1.82) is 0 Å². The Hall–Kier alpha value is -1.96. The van der Waals surface area contributed by atoms with Crippen molar-refractivity contribution in [3.8, 4) is 5.75 Å². The Balaban J connectivity index is 1.79. The highest BCUT2D eigenvalue weighted by Gasteiger charge is 2.32. The SMILES string of the molecule is NCC1CC(OC(=O)Nc2ccc(OC(F)(F)F)cc2)C1. The van der Waals surface area contributed by atoms with Crippen molar-refractivity contribution in [2.24, 2.45) is 11.7 Å². The lowest BCUT2D eigenvalue weighted by Crippen LogP contribution is -2.38. The van der Waals surface area contributed by atoms with Gasteiger partial charge in [0.25, 0.3) is 0 Å². The summed E-state index contributed by atoms with van der Waals surface area (Å²) in [5.74, 6) is 0.0350. The van der Waals surface area contributed by atoms with Crippen LogP contribution in [0.3, 0.4) is 0 Å². The van der Waals surface area contributed by atoms with Gasteiger partial charge in [0.2, 0.25) is 0 Å².